The lowest BCUT2D eigenvalue weighted by molar-refractivity contribution is -0.306. The van der Waals surface area contributed by atoms with Crippen LogP contribution in [-0.2, 0) is 56.8 Å². The second-order valence-electron chi connectivity index (χ2n) is 27.9. The fraction of sp³-hybridized carbons (Fsp3) is 0.967. The summed E-state index contributed by atoms with van der Waals surface area (Å²) in [5.74, 6) is 0. The Morgan fingerprint density at radius 3 is 0.806 bits per heavy atom. The summed E-state index contributed by atoms with van der Waals surface area (Å²) < 4.78 is 72.5. The average molecular weight is 1500 g/mol. The number of carbonyl (C=O) groups excluding carboxylic acids is 2. The lowest BCUT2D eigenvalue weighted by atomic mass is 9.84. The molecule has 6 heterocycles. The van der Waals surface area contributed by atoms with Crippen LogP contribution in [-0.4, -0.2) is 358 Å². The van der Waals surface area contributed by atoms with E-state index in [1.807, 2.05) is 0 Å². The van der Waals surface area contributed by atoms with E-state index in [0.717, 1.165) is 51.4 Å². The van der Waals surface area contributed by atoms with Crippen LogP contribution in [0.25, 0.3) is 0 Å². The number of aliphatic hydroxyl groups excluding tert-OH is 12. The molecule has 6 aliphatic heterocycles. The molecule has 40 N–H and O–H groups in total. The van der Waals surface area contributed by atoms with Crippen molar-refractivity contribution in [1.82, 2.24) is 21.3 Å². The number of rotatable bonds is 33. The molecule has 0 aromatic rings. The zero-order chi connectivity index (χ0) is 74.5. The maximum atomic E-state index is 13.2. The van der Waals surface area contributed by atoms with E-state index in [0.29, 0.717) is 25.9 Å². The summed E-state index contributed by atoms with van der Waals surface area (Å²) in [5, 5.41) is 142. The van der Waals surface area contributed by atoms with E-state index in [9.17, 15) is 70.9 Å². The van der Waals surface area contributed by atoms with Gasteiger partial charge < -0.3 is 208 Å². The third kappa shape index (κ3) is 21.6. The van der Waals surface area contributed by atoms with Crippen LogP contribution in [0, 0.1) is 0 Å². The number of nitrogens with two attached hydrogens (primary N) is 12. The van der Waals surface area contributed by atoms with Gasteiger partial charge >= 0.3 is 12.1 Å². The van der Waals surface area contributed by atoms with Crippen LogP contribution < -0.4 is 90.1 Å². The topological polar surface area (TPSA) is 748 Å². The van der Waals surface area contributed by atoms with Crippen LogP contribution in [0.15, 0.2) is 0 Å². The number of carbonyl (C=O) groups is 2. The monoisotopic (exact) mass is 1490 g/mol. The zero-order valence-electron chi connectivity index (χ0n) is 57.1. The van der Waals surface area contributed by atoms with E-state index >= 15 is 0 Å². The highest BCUT2D eigenvalue weighted by atomic mass is 16.8. The Bertz CT molecular complexity index is 2340. The van der Waals surface area contributed by atoms with Crippen molar-refractivity contribution in [2.45, 2.75) is 317 Å². The first-order chi connectivity index (χ1) is 48.5. The predicted molar refractivity (Wildman–Crippen MR) is 358 cm³/mol. The maximum Gasteiger partial charge on any atom is 0.314 e. The van der Waals surface area contributed by atoms with Crippen molar-refractivity contribution in [3.05, 3.63) is 0 Å². The van der Waals surface area contributed by atoms with Gasteiger partial charge in [-0.05, 0) is 25.7 Å². The lowest BCUT2D eigenvalue weighted by Gasteiger charge is -2.47. The number of hydrogen-bond donors (Lipinski definition) is 28. The van der Waals surface area contributed by atoms with Gasteiger partial charge in [-0.3, -0.25) is 0 Å². The number of nitrogens with one attached hydrogen (secondary N) is 4. The Morgan fingerprint density at radius 2 is 0.534 bits per heavy atom. The predicted octanol–water partition coefficient (Wildman–Crippen LogP) is -13.6. The van der Waals surface area contributed by atoms with Crippen LogP contribution >= 0.6 is 0 Å². The molecule has 4 amide bonds. The smallest absolute Gasteiger partial charge is 0.314 e. The number of amides is 4. The molecule has 0 radical (unpaired) electrons. The van der Waals surface area contributed by atoms with E-state index in [2.05, 4.69) is 21.3 Å². The normalized spacial score (nSPS) is 45.9. The van der Waals surface area contributed by atoms with E-state index < -0.39 is 245 Å². The quantitative estimate of drug-likeness (QED) is 0.0271. The molecule has 0 spiro atoms. The summed E-state index contributed by atoms with van der Waals surface area (Å²) in [6.45, 7) is -0.805. The molecule has 2 saturated carbocycles. The van der Waals surface area contributed by atoms with Crippen molar-refractivity contribution in [2.75, 3.05) is 52.4 Å². The molecule has 2 aliphatic carbocycles. The van der Waals surface area contributed by atoms with Crippen molar-refractivity contribution >= 4 is 12.1 Å². The van der Waals surface area contributed by atoms with Crippen LogP contribution in [0.1, 0.15) is 84.5 Å². The summed E-state index contributed by atoms with van der Waals surface area (Å²) in [5.41, 5.74) is 73.5. The van der Waals surface area contributed by atoms with Crippen LogP contribution in [0.5, 0.6) is 0 Å². The number of ether oxygens (including phenoxy) is 12. The summed E-state index contributed by atoms with van der Waals surface area (Å²) in [7, 11) is 0. The average Bonchev–Trinajstić information content (AvgIpc) is 1.76. The first-order valence-corrected chi connectivity index (χ1v) is 35.5. The van der Waals surface area contributed by atoms with Crippen LogP contribution in [0.2, 0.25) is 0 Å². The molecule has 6 saturated heterocycles. The van der Waals surface area contributed by atoms with E-state index in [-0.39, 0.29) is 59.5 Å². The molecule has 8 aliphatic rings. The Labute approximate surface area is 597 Å². The Balaban J connectivity index is 0.0000149. The van der Waals surface area contributed by atoms with Gasteiger partial charge in [0.15, 0.2) is 37.7 Å². The van der Waals surface area contributed by atoms with Crippen LogP contribution in [0.3, 0.4) is 0 Å². The van der Waals surface area contributed by atoms with Gasteiger partial charge in [-0.25, -0.2) is 9.59 Å². The molecule has 103 heavy (non-hydrogen) atoms. The van der Waals surface area contributed by atoms with Crippen molar-refractivity contribution in [2.24, 2.45) is 68.8 Å². The molecule has 38 atom stereocenters. The SMILES string of the molecule is C.NCC1O[C@H](OC2C(N)C[C@@H](N)C(O)[C@H]2O[C@@H]2O[C@H](CNC(=O)NCCCCCCCCCCCCNC(=O)NC[C@H]3O[C@@H](OC4C(O[C@@H]5OC(CN)C(O)[C@H](O)C5N)C(N)C[C@H](N)[C@@H]4O)C(O)C3O[C@@H]3O[C@H](CN)C(O)C(O)C3N)C(O[C@H]3O[C@@H](CN)C(O)C(O)C3N)[C@@H]2O)C(N)[C@@H](O)C1O. The first-order valence-electron chi connectivity index (χ1n) is 35.5. The highest BCUT2D eigenvalue weighted by Gasteiger charge is 2.58. The Hall–Kier alpha value is -2.90. The highest BCUT2D eigenvalue weighted by molar-refractivity contribution is 5.74. The molecular formula is C61H122N16O26. The van der Waals surface area contributed by atoms with Gasteiger partial charge in [0.1, 0.15) is 134 Å². The lowest BCUT2D eigenvalue weighted by Crippen LogP contribution is -2.68. The molecule has 42 heteroatoms. The number of unbranched alkanes of at least 4 members (excludes halogenated alkanes) is 9. The minimum absolute atomic E-state index is 0. The minimum atomic E-state index is -1.71. The first kappa shape index (κ1) is 87.3. The molecule has 21 unspecified atom stereocenters. The largest absolute Gasteiger partial charge is 0.389 e. The van der Waals surface area contributed by atoms with E-state index in [1.54, 1.807) is 0 Å². The van der Waals surface area contributed by atoms with Gasteiger partial charge in [-0.15, -0.1) is 0 Å². The van der Waals surface area contributed by atoms with Gasteiger partial charge in [0, 0.05) is 76.5 Å². The van der Waals surface area contributed by atoms with Gasteiger partial charge in [0.2, 0.25) is 0 Å². The molecule has 602 valence electrons. The third-order valence-corrected chi connectivity index (χ3v) is 20.5. The van der Waals surface area contributed by atoms with Gasteiger partial charge in [-0.1, -0.05) is 58.8 Å². The molecule has 8 rings (SSSR count). The van der Waals surface area contributed by atoms with Crippen LogP contribution in [0.4, 0.5) is 9.59 Å². The summed E-state index contributed by atoms with van der Waals surface area (Å²) in [6, 6.07) is -10.2. The summed E-state index contributed by atoms with van der Waals surface area (Å²) in [4.78, 5) is 26.4. The number of hydrogen-bond acceptors (Lipinski definition) is 38. The standard InChI is InChI=1S/C60H118N16O26.CH4/c61-15-25-37(79)41(83)31(69)53(91-25)97-47-23(67)13-21(65)35(77)51(47)101-57-45(87)49(99-55-33(71)43(85)39(81)27(17-63)93-55)29(95-57)19-75-59(89)73-11-9-7-5-3-1-2-4-6-8-10-12-74-60(90)76-20-30-50(100-56-34(72)44(86)40(82)28(18-64)94-56)46(88)58(96-30)102-52-36(78)22(66)14-24(68)48(52)98-54-32(70)42(84)38(80)26(16-62)92-54;/h21-58,77-88H,1-20,61-72H2,(H2,73,75,89)(H2,74,76,90);1H4/t21-,22+,23?,24?,25?,26?,27+,28-,29-,30-,31?,32?,33?,34?,35?,36+,37?,38?,39?,40?,41-,42-,43?,44?,45+,46?,47?,48?,49?,50?,51-,52?,53-,54+,55-,56+,57+,58+;/m1./s1. The maximum absolute atomic E-state index is 13.2. The zero-order valence-corrected chi connectivity index (χ0v) is 57.1. The minimum Gasteiger partial charge on any atom is -0.389 e. The van der Waals surface area contributed by atoms with Gasteiger partial charge in [0.05, 0.1) is 36.4 Å². The molecule has 0 aromatic heterocycles. The van der Waals surface area contributed by atoms with E-state index in [1.165, 1.54) is 0 Å². The molecule has 0 bridgehead atoms. The Kier molecular flexibility index (Phi) is 34.5. The van der Waals surface area contributed by atoms with Gasteiger partial charge in [0.25, 0.3) is 0 Å². The Morgan fingerprint density at radius 1 is 0.291 bits per heavy atom. The number of aliphatic hydroxyl groups is 12. The number of urea groups is 2. The van der Waals surface area contributed by atoms with Crippen molar-refractivity contribution in [3.8, 4) is 0 Å². The second-order valence-corrected chi connectivity index (χ2v) is 27.9. The third-order valence-electron chi connectivity index (χ3n) is 20.5. The molecule has 42 nitrogen and oxygen atoms in total. The second kappa shape index (κ2) is 40.7. The molecular weight excluding hydrogens is 1370 g/mol. The summed E-state index contributed by atoms with van der Waals surface area (Å²) in [6.07, 6.45) is -33.5. The fourth-order valence-corrected chi connectivity index (χ4v) is 14.1. The van der Waals surface area contributed by atoms with Crippen molar-refractivity contribution < 1.29 is 128 Å². The van der Waals surface area contributed by atoms with Crippen molar-refractivity contribution in [3.63, 3.8) is 0 Å². The molecule has 8 fully saturated rings. The van der Waals surface area contributed by atoms with E-state index in [4.69, 9.17) is 126 Å². The highest BCUT2D eigenvalue weighted by Crippen LogP contribution is 2.38. The van der Waals surface area contributed by atoms with Crippen molar-refractivity contribution in [1.29, 1.82) is 0 Å². The fourth-order valence-electron chi connectivity index (χ4n) is 14.1. The van der Waals surface area contributed by atoms with Gasteiger partial charge in [-0.2, -0.15) is 0 Å². The molecule has 0 aromatic carbocycles. The summed E-state index contributed by atoms with van der Waals surface area (Å²) >= 11 is 0.